The highest BCUT2D eigenvalue weighted by atomic mass is 16.4. The first-order chi connectivity index (χ1) is 9.88. The van der Waals surface area contributed by atoms with Crippen LogP contribution in [0, 0.1) is 5.92 Å². The molecule has 0 radical (unpaired) electrons. The van der Waals surface area contributed by atoms with Gasteiger partial charge in [-0.1, -0.05) is 46.5 Å². The normalized spacial score (nSPS) is 12.2. The van der Waals surface area contributed by atoms with Crippen molar-refractivity contribution in [3.05, 3.63) is 0 Å². The molecule has 122 valence electrons. The van der Waals surface area contributed by atoms with E-state index in [-0.39, 0.29) is 30.4 Å². The van der Waals surface area contributed by atoms with Crippen molar-refractivity contribution < 1.29 is 19.5 Å². The zero-order chi connectivity index (χ0) is 16.3. The third-order valence-corrected chi connectivity index (χ3v) is 3.40. The molecule has 1 amide bonds. The van der Waals surface area contributed by atoms with E-state index in [4.69, 9.17) is 5.11 Å². The van der Waals surface area contributed by atoms with Gasteiger partial charge in [0.1, 0.15) is 0 Å². The highest BCUT2D eigenvalue weighted by Crippen LogP contribution is 2.09. The summed E-state index contributed by atoms with van der Waals surface area (Å²) < 4.78 is 0. The summed E-state index contributed by atoms with van der Waals surface area (Å²) >= 11 is 0. The quantitative estimate of drug-likeness (QED) is 0.543. The summed E-state index contributed by atoms with van der Waals surface area (Å²) in [7, 11) is 0. The number of hydrogen-bond acceptors (Lipinski definition) is 3. The standard InChI is InChI=1S/C16H29NO4/c1-4-5-6-7-8-9-14(18)17-13(10-11-15(19)20)16(21)12(2)3/h12-13H,4-11H2,1-3H3,(H,17,18)(H,19,20)/t13-/m1/s1. The van der Waals surface area contributed by atoms with Crippen molar-refractivity contribution in [2.24, 2.45) is 5.92 Å². The number of rotatable bonds is 12. The Kier molecular flexibility index (Phi) is 10.5. The van der Waals surface area contributed by atoms with Crippen molar-refractivity contribution in [1.29, 1.82) is 0 Å². The molecule has 0 bridgehead atoms. The first-order valence-electron chi connectivity index (χ1n) is 7.93. The van der Waals surface area contributed by atoms with E-state index in [0.29, 0.717) is 6.42 Å². The lowest BCUT2D eigenvalue weighted by Gasteiger charge is -2.19. The summed E-state index contributed by atoms with van der Waals surface area (Å²) in [6, 6.07) is -0.677. The van der Waals surface area contributed by atoms with E-state index < -0.39 is 12.0 Å². The molecular weight excluding hydrogens is 270 g/mol. The largest absolute Gasteiger partial charge is 0.481 e. The minimum atomic E-state index is -0.953. The van der Waals surface area contributed by atoms with E-state index in [2.05, 4.69) is 12.2 Å². The number of unbranched alkanes of at least 4 members (excludes halogenated alkanes) is 4. The van der Waals surface area contributed by atoms with Crippen LogP contribution in [0.5, 0.6) is 0 Å². The highest BCUT2D eigenvalue weighted by molar-refractivity contribution is 5.90. The number of nitrogens with one attached hydrogen (secondary N) is 1. The Labute approximate surface area is 127 Å². The van der Waals surface area contributed by atoms with Gasteiger partial charge in [-0.15, -0.1) is 0 Å². The molecule has 0 aliphatic carbocycles. The van der Waals surface area contributed by atoms with Gasteiger partial charge in [0.05, 0.1) is 6.04 Å². The van der Waals surface area contributed by atoms with E-state index in [1.165, 1.54) is 6.42 Å². The number of hydrogen-bond donors (Lipinski definition) is 2. The molecule has 2 N–H and O–H groups in total. The molecule has 5 heteroatoms. The highest BCUT2D eigenvalue weighted by Gasteiger charge is 2.23. The second-order valence-corrected chi connectivity index (χ2v) is 5.77. The van der Waals surface area contributed by atoms with E-state index in [1.807, 2.05) is 0 Å². The number of Topliss-reactive ketones (excluding diaryl/α,β-unsaturated/α-hetero) is 1. The van der Waals surface area contributed by atoms with Crippen LogP contribution in [0.4, 0.5) is 0 Å². The fraction of sp³-hybridized carbons (Fsp3) is 0.812. The van der Waals surface area contributed by atoms with Crippen LogP contribution < -0.4 is 5.32 Å². The molecule has 21 heavy (non-hydrogen) atoms. The van der Waals surface area contributed by atoms with E-state index in [9.17, 15) is 14.4 Å². The average molecular weight is 299 g/mol. The summed E-state index contributed by atoms with van der Waals surface area (Å²) in [5, 5.41) is 11.4. The van der Waals surface area contributed by atoms with Crippen molar-refractivity contribution in [2.45, 2.75) is 78.2 Å². The monoisotopic (exact) mass is 299 g/mol. The predicted molar refractivity (Wildman–Crippen MR) is 82.0 cm³/mol. The second kappa shape index (κ2) is 11.3. The van der Waals surface area contributed by atoms with E-state index in [0.717, 1.165) is 25.7 Å². The Morgan fingerprint density at radius 2 is 1.62 bits per heavy atom. The summed E-state index contributed by atoms with van der Waals surface area (Å²) in [5.41, 5.74) is 0. The van der Waals surface area contributed by atoms with Crippen LogP contribution in [0.3, 0.4) is 0 Å². The number of carbonyl (C=O) groups is 3. The van der Waals surface area contributed by atoms with Gasteiger partial charge in [-0.2, -0.15) is 0 Å². The molecule has 0 heterocycles. The van der Waals surface area contributed by atoms with Crippen LogP contribution in [0.1, 0.15) is 72.1 Å². The smallest absolute Gasteiger partial charge is 0.303 e. The molecule has 0 rings (SSSR count). The lowest BCUT2D eigenvalue weighted by molar-refractivity contribution is -0.138. The van der Waals surface area contributed by atoms with Gasteiger partial charge in [-0.25, -0.2) is 0 Å². The van der Waals surface area contributed by atoms with Crippen molar-refractivity contribution in [1.82, 2.24) is 5.32 Å². The lowest BCUT2D eigenvalue weighted by atomic mass is 9.97. The van der Waals surface area contributed by atoms with Crippen LogP contribution in [-0.4, -0.2) is 28.8 Å². The molecule has 0 saturated carbocycles. The molecule has 0 fully saturated rings. The zero-order valence-corrected chi connectivity index (χ0v) is 13.5. The van der Waals surface area contributed by atoms with Gasteiger partial charge < -0.3 is 10.4 Å². The topological polar surface area (TPSA) is 83.5 Å². The Morgan fingerprint density at radius 1 is 1.00 bits per heavy atom. The summed E-state index contributed by atoms with van der Waals surface area (Å²) in [6.07, 6.45) is 5.73. The Bertz CT molecular complexity index is 339. The average Bonchev–Trinajstić information content (AvgIpc) is 2.42. The van der Waals surface area contributed by atoms with Gasteiger partial charge in [-0.3, -0.25) is 14.4 Å². The van der Waals surface area contributed by atoms with Crippen molar-refractivity contribution in [2.75, 3.05) is 0 Å². The number of carbonyl (C=O) groups excluding carboxylic acids is 2. The maximum atomic E-state index is 12.0. The maximum Gasteiger partial charge on any atom is 0.303 e. The first-order valence-corrected chi connectivity index (χ1v) is 7.93. The molecular formula is C16H29NO4. The van der Waals surface area contributed by atoms with Crippen LogP contribution in [-0.2, 0) is 14.4 Å². The van der Waals surface area contributed by atoms with Crippen LogP contribution >= 0.6 is 0 Å². The number of carboxylic acids is 1. The van der Waals surface area contributed by atoms with E-state index in [1.54, 1.807) is 13.8 Å². The van der Waals surface area contributed by atoms with Gasteiger partial charge in [-0.05, 0) is 12.8 Å². The van der Waals surface area contributed by atoms with Gasteiger partial charge in [0.2, 0.25) is 5.91 Å². The summed E-state index contributed by atoms with van der Waals surface area (Å²) in [6.45, 7) is 5.65. The lowest BCUT2D eigenvalue weighted by Crippen LogP contribution is -2.42. The third kappa shape index (κ3) is 10.0. The third-order valence-electron chi connectivity index (χ3n) is 3.40. The fourth-order valence-electron chi connectivity index (χ4n) is 2.11. The number of carboxylic acid groups (broad SMARTS) is 1. The SMILES string of the molecule is CCCCCCCC(=O)N[C@H](CCC(=O)O)C(=O)C(C)C. The molecule has 0 aromatic rings. The predicted octanol–water partition coefficient (Wildman–Crippen LogP) is 2.92. The van der Waals surface area contributed by atoms with Gasteiger partial charge in [0, 0.05) is 18.8 Å². The Hall–Kier alpha value is -1.39. The molecule has 0 spiro atoms. The summed E-state index contributed by atoms with van der Waals surface area (Å²) in [4.78, 5) is 34.5. The van der Waals surface area contributed by atoms with Crippen molar-refractivity contribution >= 4 is 17.7 Å². The molecule has 1 atom stereocenters. The first kappa shape index (κ1) is 19.6. The molecule has 0 unspecified atom stereocenters. The molecule has 0 aliphatic heterocycles. The van der Waals surface area contributed by atoms with Crippen molar-refractivity contribution in [3.63, 3.8) is 0 Å². The molecule has 0 aromatic carbocycles. The van der Waals surface area contributed by atoms with Crippen molar-refractivity contribution in [3.8, 4) is 0 Å². The minimum absolute atomic E-state index is 0.101. The van der Waals surface area contributed by atoms with Gasteiger partial charge in [0.15, 0.2) is 5.78 Å². The number of amides is 1. The van der Waals surface area contributed by atoms with E-state index >= 15 is 0 Å². The molecule has 0 aliphatic rings. The summed E-state index contributed by atoms with van der Waals surface area (Å²) in [5.74, 6) is -1.43. The molecule has 0 saturated heterocycles. The van der Waals surface area contributed by atoms with Crippen LogP contribution in [0.2, 0.25) is 0 Å². The van der Waals surface area contributed by atoms with Crippen LogP contribution in [0.15, 0.2) is 0 Å². The Morgan fingerprint density at radius 3 is 2.14 bits per heavy atom. The second-order valence-electron chi connectivity index (χ2n) is 5.77. The number of aliphatic carboxylic acids is 1. The van der Waals surface area contributed by atoms with Gasteiger partial charge in [0.25, 0.3) is 0 Å². The Balaban J connectivity index is 4.22. The maximum absolute atomic E-state index is 12.0. The fourth-order valence-corrected chi connectivity index (χ4v) is 2.11. The molecule has 0 aromatic heterocycles. The number of ketones is 1. The zero-order valence-electron chi connectivity index (χ0n) is 13.5. The van der Waals surface area contributed by atoms with Gasteiger partial charge >= 0.3 is 5.97 Å². The minimum Gasteiger partial charge on any atom is -0.481 e. The molecule has 5 nitrogen and oxygen atoms in total. The van der Waals surface area contributed by atoms with Crippen LogP contribution in [0.25, 0.3) is 0 Å².